The quantitative estimate of drug-likeness (QED) is 0.596. The summed E-state index contributed by atoms with van der Waals surface area (Å²) in [6.07, 6.45) is 4.39. The number of carbonyl (C=O) groups excluding carboxylic acids is 1. The summed E-state index contributed by atoms with van der Waals surface area (Å²) in [5.41, 5.74) is 0.799. The molecule has 0 spiro atoms. The monoisotopic (exact) mass is 394 g/mol. The molecule has 2 amide bonds. The summed E-state index contributed by atoms with van der Waals surface area (Å²) in [4.78, 5) is 12.1. The van der Waals surface area contributed by atoms with Crippen LogP contribution in [0.2, 0.25) is 0 Å². The molecule has 1 fully saturated rings. The van der Waals surface area contributed by atoms with Crippen molar-refractivity contribution < 1.29 is 23.7 Å². The van der Waals surface area contributed by atoms with Crippen molar-refractivity contribution in [1.29, 1.82) is 0 Å². The van der Waals surface area contributed by atoms with Crippen LogP contribution in [0, 0.1) is 0 Å². The van der Waals surface area contributed by atoms with Crippen molar-refractivity contribution in [2.45, 2.75) is 57.3 Å². The fraction of sp³-hybridized carbons (Fsp3) is 0.667. The predicted molar refractivity (Wildman–Crippen MR) is 108 cm³/mol. The number of ether oxygens (including phenoxy) is 4. The molecule has 1 aromatic rings. The van der Waals surface area contributed by atoms with Gasteiger partial charge in [0.1, 0.15) is 0 Å². The summed E-state index contributed by atoms with van der Waals surface area (Å²) in [6, 6.07) is 5.72. The van der Waals surface area contributed by atoms with Crippen LogP contribution in [0.3, 0.4) is 0 Å². The molecule has 0 atom stereocenters. The first kappa shape index (κ1) is 22.3. The van der Waals surface area contributed by atoms with Gasteiger partial charge in [0.05, 0.1) is 19.8 Å². The number of methoxy groups -OCH3 is 3. The Hall–Kier alpha value is -1.99. The zero-order chi connectivity index (χ0) is 20.6. The third kappa shape index (κ3) is 6.27. The maximum Gasteiger partial charge on any atom is 0.314 e. The highest BCUT2D eigenvalue weighted by atomic mass is 16.7. The van der Waals surface area contributed by atoms with Gasteiger partial charge in [-0.3, -0.25) is 0 Å². The minimum atomic E-state index is -0.462. The average Bonchev–Trinajstić information content (AvgIpc) is 3.20. The van der Waals surface area contributed by atoms with Gasteiger partial charge >= 0.3 is 6.03 Å². The molecule has 0 bridgehead atoms. The SMILES string of the molecule is COc1ccc(C(C)(C)CNC(=O)NCC(OC)OC)cc1OC1CCCC1. The molecule has 0 heterocycles. The van der Waals surface area contributed by atoms with Crippen molar-refractivity contribution >= 4 is 6.03 Å². The number of urea groups is 1. The van der Waals surface area contributed by atoms with Crippen molar-refractivity contribution in [3.8, 4) is 11.5 Å². The number of benzene rings is 1. The molecular formula is C21H34N2O5. The van der Waals surface area contributed by atoms with E-state index < -0.39 is 6.29 Å². The van der Waals surface area contributed by atoms with Crippen LogP contribution in [-0.2, 0) is 14.9 Å². The van der Waals surface area contributed by atoms with E-state index in [1.165, 1.54) is 27.1 Å². The van der Waals surface area contributed by atoms with Gasteiger partial charge in [0.2, 0.25) is 0 Å². The molecule has 158 valence electrons. The van der Waals surface area contributed by atoms with Crippen LogP contribution >= 0.6 is 0 Å². The standard InChI is InChI=1S/C21H34N2O5/c1-21(2,14-23-20(24)22-13-19(26-4)27-5)15-10-11-17(25-3)18(12-15)28-16-8-6-7-9-16/h10-12,16,19H,6-9,13-14H2,1-5H3,(H2,22,23,24). The van der Waals surface area contributed by atoms with E-state index in [9.17, 15) is 4.79 Å². The Balaban J connectivity index is 1.98. The molecule has 0 aromatic heterocycles. The summed E-state index contributed by atoms with van der Waals surface area (Å²) in [7, 11) is 4.72. The van der Waals surface area contributed by atoms with E-state index in [0.29, 0.717) is 6.54 Å². The number of carbonyl (C=O) groups is 1. The zero-order valence-corrected chi connectivity index (χ0v) is 17.7. The fourth-order valence-electron chi connectivity index (χ4n) is 3.28. The van der Waals surface area contributed by atoms with Crippen LogP contribution < -0.4 is 20.1 Å². The van der Waals surface area contributed by atoms with Gasteiger partial charge in [0.15, 0.2) is 17.8 Å². The number of hydrogen-bond acceptors (Lipinski definition) is 5. The molecule has 2 rings (SSSR count). The Morgan fingerprint density at radius 1 is 1.11 bits per heavy atom. The Kier molecular flexibility index (Phi) is 8.38. The number of rotatable bonds is 10. The second kappa shape index (κ2) is 10.5. The van der Waals surface area contributed by atoms with Crippen LogP contribution in [0.4, 0.5) is 4.79 Å². The molecule has 2 N–H and O–H groups in total. The van der Waals surface area contributed by atoms with Crippen molar-refractivity contribution in [3.63, 3.8) is 0 Å². The molecule has 1 aliphatic carbocycles. The van der Waals surface area contributed by atoms with E-state index in [4.69, 9.17) is 18.9 Å². The van der Waals surface area contributed by atoms with Gasteiger partial charge in [0.25, 0.3) is 0 Å². The lowest BCUT2D eigenvalue weighted by Gasteiger charge is -2.27. The Labute approximate surface area is 168 Å². The van der Waals surface area contributed by atoms with E-state index in [-0.39, 0.29) is 24.1 Å². The van der Waals surface area contributed by atoms with Crippen molar-refractivity contribution in [2.75, 3.05) is 34.4 Å². The molecule has 1 aliphatic rings. The Bertz CT molecular complexity index is 625. The van der Waals surface area contributed by atoms with E-state index in [0.717, 1.165) is 29.9 Å². The first-order chi connectivity index (χ1) is 13.4. The highest BCUT2D eigenvalue weighted by Crippen LogP contribution is 2.35. The van der Waals surface area contributed by atoms with E-state index in [1.807, 2.05) is 18.2 Å². The molecule has 7 heteroatoms. The highest BCUT2D eigenvalue weighted by Gasteiger charge is 2.25. The lowest BCUT2D eigenvalue weighted by Crippen LogP contribution is -2.45. The van der Waals surface area contributed by atoms with Gasteiger partial charge in [-0.25, -0.2) is 4.79 Å². The molecule has 0 aliphatic heterocycles. The molecule has 1 saturated carbocycles. The van der Waals surface area contributed by atoms with Crippen LogP contribution in [0.25, 0.3) is 0 Å². The highest BCUT2D eigenvalue weighted by molar-refractivity contribution is 5.74. The Morgan fingerprint density at radius 3 is 2.39 bits per heavy atom. The summed E-state index contributed by atoms with van der Waals surface area (Å²) < 4.78 is 21.8. The fourth-order valence-corrected chi connectivity index (χ4v) is 3.28. The summed E-state index contributed by atoms with van der Waals surface area (Å²) in [5.74, 6) is 1.51. The minimum absolute atomic E-state index is 0.255. The maximum absolute atomic E-state index is 12.1. The normalized spacial score (nSPS) is 14.9. The van der Waals surface area contributed by atoms with Crippen LogP contribution in [0.1, 0.15) is 45.1 Å². The summed E-state index contributed by atoms with van der Waals surface area (Å²) >= 11 is 0. The molecule has 0 saturated heterocycles. The summed E-state index contributed by atoms with van der Waals surface area (Å²) in [6.45, 7) is 4.92. The largest absolute Gasteiger partial charge is 0.493 e. The zero-order valence-electron chi connectivity index (χ0n) is 17.7. The maximum atomic E-state index is 12.1. The predicted octanol–water partition coefficient (Wildman–Crippen LogP) is 3.21. The van der Waals surface area contributed by atoms with Gasteiger partial charge in [0, 0.05) is 26.2 Å². The topological polar surface area (TPSA) is 78.1 Å². The molecule has 7 nitrogen and oxygen atoms in total. The van der Waals surface area contributed by atoms with Gasteiger partial charge in [-0.15, -0.1) is 0 Å². The minimum Gasteiger partial charge on any atom is -0.493 e. The lowest BCUT2D eigenvalue weighted by molar-refractivity contribution is -0.0971. The van der Waals surface area contributed by atoms with Crippen LogP contribution in [0.5, 0.6) is 11.5 Å². The van der Waals surface area contributed by atoms with Gasteiger partial charge in [-0.2, -0.15) is 0 Å². The third-order valence-electron chi connectivity index (χ3n) is 5.19. The molecule has 1 aromatic carbocycles. The third-order valence-corrected chi connectivity index (χ3v) is 5.19. The van der Waals surface area contributed by atoms with Crippen molar-refractivity contribution in [1.82, 2.24) is 10.6 Å². The van der Waals surface area contributed by atoms with Crippen molar-refractivity contribution in [3.05, 3.63) is 23.8 Å². The number of nitrogens with one attached hydrogen (secondary N) is 2. The molecule has 28 heavy (non-hydrogen) atoms. The second-order valence-corrected chi connectivity index (χ2v) is 7.74. The second-order valence-electron chi connectivity index (χ2n) is 7.74. The molecular weight excluding hydrogens is 360 g/mol. The van der Waals surface area contributed by atoms with E-state index in [2.05, 4.69) is 24.5 Å². The smallest absolute Gasteiger partial charge is 0.314 e. The van der Waals surface area contributed by atoms with Crippen LogP contribution in [0.15, 0.2) is 18.2 Å². The lowest BCUT2D eigenvalue weighted by atomic mass is 9.84. The number of amides is 2. The Morgan fingerprint density at radius 2 is 1.79 bits per heavy atom. The van der Waals surface area contributed by atoms with E-state index in [1.54, 1.807) is 7.11 Å². The van der Waals surface area contributed by atoms with Crippen LogP contribution in [-0.4, -0.2) is 52.8 Å². The first-order valence-electron chi connectivity index (χ1n) is 9.82. The van der Waals surface area contributed by atoms with Gasteiger partial charge < -0.3 is 29.6 Å². The van der Waals surface area contributed by atoms with Gasteiger partial charge in [-0.05, 0) is 43.4 Å². The molecule has 0 unspecified atom stereocenters. The first-order valence-corrected chi connectivity index (χ1v) is 9.82. The number of hydrogen-bond donors (Lipinski definition) is 2. The summed E-state index contributed by atoms with van der Waals surface area (Å²) in [5, 5.41) is 5.65. The van der Waals surface area contributed by atoms with E-state index >= 15 is 0 Å². The average molecular weight is 395 g/mol. The van der Waals surface area contributed by atoms with Crippen molar-refractivity contribution in [2.24, 2.45) is 0 Å². The van der Waals surface area contributed by atoms with Gasteiger partial charge in [-0.1, -0.05) is 19.9 Å². The molecule has 0 radical (unpaired) electrons.